The van der Waals surface area contributed by atoms with Crippen molar-refractivity contribution in [1.82, 2.24) is 30.4 Å². The number of methoxy groups -OCH3 is 2. The van der Waals surface area contributed by atoms with Crippen LogP contribution in [0.1, 0.15) is 102 Å². The summed E-state index contributed by atoms with van der Waals surface area (Å²) in [6.45, 7) is 9.68. The van der Waals surface area contributed by atoms with Crippen LogP contribution in [-0.4, -0.2) is 107 Å². The Morgan fingerprint density at radius 1 is 0.877 bits per heavy atom. The zero-order valence-electron chi connectivity index (χ0n) is 38.3. The molecule has 3 aromatic carbocycles. The van der Waals surface area contributed by atoms with Crippen LogP contribution in [0.2, 0.25) is 0 Å². The lowest BCUT2D eigenvalue weighted by atomic mass is 9.90. The molecule has 6 heterocycles. The smallest absolute Gasteiger partial charge is 0.407 e. The van der Waals surface area contributed by atoms with Crippen LogP contribution in [0.4, 0.5) is 15.3 Å². The van der Waals surface area contributed by atoms with Crippen molar-refractivity contribution >= 4 is 46.2 Å². The second kappa shape index (κ2) is 18.5. The van der Waals surface area contributed by atoms with E-state index in [-0.39, 0.29) is 47.8 Å². The SMILES string of the molecule is CC[C@H]1CC[C@@H](c2ncc(-c3ccc4c(c3)COc3cc5c6c(ccc5cc3-4)N=C([C@@H]3CC[C@H](C)N3C(=O)[C@@H](NC(=O)OC)C3CCOCC3)C6)[nH]2)N1C(=O)[C@@H](NC(=O)OC)[C@@H](C)CC. The molecule has 0 bridgehead atoms. The normalized spacial score (nSPS) is 22.8. The average molecular weight is 888 g/mol. The van der Waals surface area contributed by atoms with E-state index in [0.717, 1.165) is 106 Å². The van der Waals surface area contributed by atoms with Crippen LogP contribution in [0, 0.1) is 11.8 Å². The molecule has 65 heavy (non-hydrogen) atoms. The Kier molecular flexibility index (Phi) is 12.6. The summed E-state index contributed by atoms with van der Waals surface area (Å²) in [5, 5.41) is 7.86. The quantitative estimate of drug-likeness (QED) is 0.134. The molecule has 0 spiro atoms. The summed E-state index contributed by atoms with van der Waals surface area (Å²) in [5.74, 6) is 1.23. The van der Waals surface area contributed by atoms with Gasteiger partial charge in [0.1, 0.15) is 30.3 Å². The standard InChI is InChI=1S/C50H61N7O8/c1-7-27(3)44(54-49(60)62-5)47(58)57-33(8-2)12-16-42(57)46-51-25-40(53-46)31-10-13-34-32(21-31)26-65-43-24-35-30(22-37(34)43)11-14-38-36(35)23-39(52-38)41-15-9-28(4)56(41)48(59)45(55-50(61)63-6)29-17-19-64-20-18-29/h10-11,13-14,21-22,24-25,27-29,33,41-42,44-45H,7-9,12,15-20,23,26H2,1-6H3,(H,51,53)(H,54,60)(H,55,61)/t27-,28-,33-,41-,42-,44-,45-/m0/s1. The van der Waals surface area contributed by atoms with Crippen molar-refractivity contribution in [2.75, 3.05) is 27.4 Å². The van der Waals surface area contributed by atoms with Crippen LogP contribution in [-0.2, 0) is 36.8 Å². The molecule has 7 atom stereocenters. The number of carbonyl (C=O) groups is 4. The molecule has 3 fully saturated rings. The van der Waals surface area contributed by atoms with E-state index in [9.17, 15) is 19.2 Å². The molecule has 0 unspecified atom stereocenters. The molecule has 15 nitrogen and oxygen atoms in total. The number of fused-ring (bicyclic) bond motifs is 6. The number of aliphatic imine (C=N–C) groups is 1. The van der Waals surface area contributed by atoms with Crippen LogP contribution in [0.3, 0.4) is 0 Å². The fraction of sp³-hybridized carbons (Fsp3) is 0.520. The summed E-state index contributed by atoms with van der Waals surface area (Å²) in [7, 11) is 2.63. The highest BCUT2D eigenvalue weighted by Crippen LogP contribution is 2.45. The van der Waals surface area contributed by atoms with Gasteiger partial charge in [-0.3, -0.25) is 14.6 Å². The molecular formula is C50H61N7O8. The zero-order chi connectivity index (χ0) is 45.5. The van der Waals surface area contributed by atoms with E-state index in [1.54, 1.807) is 0 Å². The minimum absolute atomic E-state index is 0.00117. The highest BCUT2D eigenvalue weighted by molar-refractivity contribution is 6.06. The highest BCUT2D eigenvalue weighted by Gasteiger charge is 2.45. The van der Waals surface area contributed by atoms with Gasteiger partial charge < -0.3 is 44.4 Å². The first-order valence-electron chi connectivity index (χ1n) is 23.4. The number of ether oxygens (including phenoxy) is 4. The largest absolute Gasteiger partial charge is 0.488 e. The molecule has 344 valence electrons. The van der Waals surface area contributed by atoms with Crippen molar-refractivity contribution in [3.63, 3.8) is 0 Å². The number of nitrogens with zero attached hydrogens (tertiary/aromatic N) is 4. The number of imidazole rings is 1. The Labute approximate surface area is 380 Å². The lowest BCUT2D eigenvalue weighted by Crippen LogP contribution is -2.57. The molecule has 4 amide bonds. The van der Waals surface area contributed by atoms with Gasteiger partial charge in [-0.1, -0.05) is 45.4 Å². The third-order valence-corrected chi connectivity index (χ3v) is 14.8. The lowest BCUT2D eigenvalue weighted by molar-refractivity contribution is -0.138. The predicted octanol–water partition coefficient (Wildman–Crippen LogP) is 8.16. The molecule has 1 aromatic heterocycles. The Morgan fingerprint density at radius 3 is 2.40 bits per heavy atom. The number of rotatable bonds is 11. The Hall–Kier alpha value is -5.96. The van der Waals surface area contributed by atoms with Crippen molar-refractivity contribution in [2.45, 2.75) is 128 Å². The maximum absolute atomic E-state index is 14.4. The number of nitrogens with one attached hydrogen (secondary N) is 3. The average Bonchev–Trinajstić information content (AvgIpc) is 4.17. The van der Waals surface area contributed by atoms with Crippen LogP contribution in [0.25, 0.3) is 33.2 Å². The third kappa shape index (κ3) is 8.32. The number of H-pyrrole nitrogens is 1. The van der Waals surface area contributed by atoms with Gasteiger partial charge in [-0.05, 0) is 121 Å². The summed E-state index contributed by atoms with van der Waals surface area (Å²) < 4.78 is 21.9. The van der Waals surface area contributed by atoms with Crippen molar-refractivity contribution in [1.29, 1.82) is 0 Å². The fourth-order valence-electron chi connectivity index (χ4n) is 10.9. The van der Waals surface area contributed by atoms with Crippen LogP contribution in [0.15, 0.2) is 53.7 Å². The molecular weight excluding hydrogens is 827 g/mol. The lowest BCUT2D eigenvalue weighted by Gasteiger charge is -2.36. The monoisotopic (exact) mass is 887 g/mol. The highest BCUT2D eigenvalue weighted by atomic mass is 16.5. The van der Waals surface area contributed by atoms with E-state index in [1.807, 2.05) is 29.8 Å². The van der Waals surface area contributed by atoms with E-state index in [2.05, 4.69) is 71.9 Å². The number of likely N-dealkylation sites (tertiary alicyclic amines) is 2. The number of aromatic amines is 1. The van der Waals surface area contributed by atoms with Gasteiger partial charge in [0.15, 0.2) is 0 Å². The van der Waals surface area contributed by atoms with Gasteiger partial charge in [0.2, 0.25) is 11.8 Å². The van der Waals surface area contributed by atoms with E-state index < -0.39 is 24.3 Å². The first kappa shape index (κ1) is 44.3. The maximum atomic E-state index is 14.4. The number of benzene rings is 3. The van der Waals surface area contributed by atoms with Gasteiger partial charge in [-0.15, -0.1) is 0 Å². The van der Waals surface area contributed by atoms with Crippen molar-refractivity contribution in [2.24, 2.45) is 16.8 Å². The van der Waals surface area contributed by atoms with Gasteiger partial charge >= 0.3 is 12.2 Å². The van der Waals surface area contributed by atoms with Gasteiger partial charge in [0.05, 0.1) is 43.9 Å². The van der Waals surface area contributed by atoms with Crippen LogP contribution < -0.4 is 15.4 Å². The van der Waals surface area contributed by atoms with Gasteiger partial charge in [-0.25, -0.2) is 14.6 Å². The first-order valence-corrected chi connectivity index (χ1v) is 23.4. The summed E-state index contributed by atoms with van der Waals surface area (Å²) in [5.41, 5.74) is 8.03. The van der Waals surface area contributed by atoms with Gasteiger partial charge in [0.25, 0.3) is 0 Å². The van der Waals surface area contributed by atoms with E-state index in [1.165, 1.54) is 14.2 Å². The summed E-state index contributed by atoms with van der Waals surface area (Å²) in [6.07, 6.45) is 7.44. The minimum Gasteiger partial charge on any atom is -0.488 e. The predicted molar refractivity (Wildman–Crippen MR) is 246 cm³/mol. The van der Waals surface area contributed by atoms with Crippen molar-refractivity contribution in [3.8, 4) is 28.1 Å². The molecule has 9 rings (SSSR count). The molecule has 5 aliphatic rings. The first-order chi connectivity index (χ1) is 31.5. The molecule has 15 heteroatoms. The molecule has 0 aliphatic carbocycles. The fourth-order valence-corrected chi connectivity index (χ4v) is 10.9. The Morgan fingerprint density at radius 2 is 1.65 bits per heavy atom. The summed E-state index contributed by atoms with van der Waals surface area (Å²) in [4.78, 5) is 70.9. The number of hydrogen-bond acceptors (Lipinski definition) is 10. The minimum atomic E-state index is -0.701. The summed E-state index contributed by atoms with van der Waals surface area (Å²) >= 11 is 0. The molecule has 0 radical (unpaired) electrons. The Bertz CT molecular complexity index is 2510. The Balaban J connectivity index is 0.936. The number of alkyl carbamates (subject to hydrolysis) is 2. The number of aromatic nitrogens is 2. The van der Waals surface area contributed by atoms with Crippen LogP contribution in [0.5, 0.6) is 5.75 Å². The third-order valence-electron chi connectivity index (χ3n) is 14.8. The summed E-state index contributed by atoms with van der Waals surface area (Å²) in [6, 6.07) is 13.2. The number of carbonyl (C=O) groups excluding carboxylic acids is 4. The zero-order valence-corrected chi connectivity index (χ0v) is 38.3. The second-order valence-corrected chi connectivity index (χ2v) is 18.4. The maximum Gasteiger partial charge on any atom is 0.407 e. The number of hydrogen-bond donors (Lipinski definition) is 3. The van der Waals surface area contributed by atoms with E-state index >= 15 is 0 Å². The molecule has 3 N–H and O–H groups in total. The second-order valence-electron chi connectivity index (χ2n) is 18.4. The van der Waals surface area contributed by atoms with E-state index in [0.29, 0.717) is 39.1 Å². The van der Waals surface area contributed by atoms with Crippen molar-refractivity contribution in [3.05, 3.63) is 65.6 Å². The van der Waals surface area contributed by atoms with E-state index in [4.69, 9.17) is 28.9 Å². The van der Waals surface area contributed by atoms with Gasteiger partial charge in [0, 0.05) is 43.0 Å². The molecule has 5 aliphatic heterocycles. The molecule has 3 saturated heterocycles. The molecule has 0 saturated carbocycles. The van der Waals surface area contributed by atoms with Crippen molar-refractivity contribution < 1.29 is 38.1 Å². The number of amides is 4. The van der Waals surface area contributed by atoms with Crippen LogP contribution >= 0.6 is 0 Å². The van der Waals surface area contributed by atoms with Gasteiger partial charge in [-0.2, -0.15) is 0 Å². The topological polar surface area (TPSA) is 177 Å². The molecule has 4 aromatic rings.